The fraction of sp³-hybridized carbons (Fsp3) is 0.500. The maximum atomic E-state index is 12.4. The molecule has 0 radical (unpaired) electrons. The van der Waals surface area contributed by atoms with Gasteiger partial charge in [-0.25, -0.2) is 0 Å². The number of hydrogen-bond acceptors (Lipinski definition) is 6. The number of benzene rings is 2. The van der Waals surface area contributed by atoms with Gasteiger partial charge in [-0.1, -0.05) is 43.2 Å². The Balaban J connectivity index is 1.84. The average molecular weight is 486 g/mol. The van der Waals surface area contributed by atoms with Gasteiger partial charge in [-0.2, -0.15) is 0 Å². The Morgan fingerprint density at radius 2 is 1.60 bits per heavy atom. The van der Waals surface area contributed by atoms with Crippen LogP contribution in [0.25, 0.3) is 0 Å². The fourth-order valence-corrected chi connectivity index (χ4v) is 3.78. The summed E-state index contributed by atoms with van der Waals surface area (Å²) >= 11 is 0. The largest absolute Gasteiger partial charge is 0.497 e. The van der Waals surface area contributed by atoms with E-state index in [1.54, 1.807) is 7.11 Å². The molecular formula is C28H39NO6. The summed E-state index contributed by atoms with van der Waals surface area (Å²) in [6.07, 6.45) is 4.80. The van der Waals surface area contributed by atoms with Crippen LogP contribution in [0.3, 0.4) is 0 Å². The molecule has 0 saturated carbocycles. The van der Waals surface area contributed by atoms with E-state index in [2.05, 4.69) is 18.2 Å². The number of rotatable bonds is 17. The van der Waals surface area contributed by atoms with Crippen molar-refractivity contribution in [2.24, 2.45) is 0 Å². The van der Waals surface area contributed by atoms with Gasteiger partial charge in [0.25, 0.3) is 0 Å². The van der Waals surface area contributed by atoms with E-state index in [9.17, 15) is 9.59 Å². The summed E-state index contributed by atoms with van der Waals surface area (Å²) in [5.74, 6) is 0.626. The van der Waals surface area contributed by atoms with E-state index >= 15 is 0 Å². The molecule has 0 saturated heterocycles. The first-order valence-electron chi connectivity index (χ1n) is 12.3. The van der Waals surface area contributed by atoms with E-state index in [1.807, 2.05) is 49.3 Å². The number of hydrogen-bond donors (Lipinski definition) is 1. The van der Waals surface area contributed by atoms with E-state index in [0.29, 0.717) is 25.8 Å². The van der Waals surface area contributed by atoms with Crippen LogP contribution in [-0.4, -0.2) is 62.4 Å². The van der Waals surface area contributed by atoms with Crippen LogP contribution in [0.2, 0.25) is 0 Å². The Morgan fingerprint density at radius 3 is 2.26 bits per heavy atom. The Kier molecular flexibility index (Phi) is 12.7. The quantitative estimate of drug-likeness (QED) is 0.255. The summed E-state index contributed by atoms with van der Waals surface area (Å²) in [5.41, 5.74) is 2.34. The zero-order chi connectivity index (χ0) is 25.5. The maximum absolute atomic E-state index is 12.4. The second-order valence-corrected chi connectivity index (χ2v) is 8.95. The fourth-order valence-electron chi connectivity index (χ4n) is 3.78. The van der Waals surface area contributed by atoms with Crippen molar-refractivity contribution in [3.05, 3.63) is 59.7 Å². The molecule has 192 valence electrons. The molecule has 0 aliphatic heterocycles. The molecule has 0 fully saturated rings. The third kappa shape index (κ3) is 11.8. The minimum atomic E-state index is -0.779. The molecule has 0 aliphatic rings. The van der Waals surface area contributed by atoms with Gasteiger partial charge < -0.3 is 24.2 Å². The van der Waals surface area contributed by atoms with Crippen LogP contribution >= 0.6 is 0 Å². The van der Waals surface area contributed by atoms with Crippen molar-refractivity contribution in [2.45, 2.75) is 57.5 Å². The van der Waals surface area contributed by atoms with Crippen LogP contribution in [0, 0.1) is 0 Å². The van der Waals surface area contributed by atoms with E-state index in [-0.39, 0.29) is 25.1 Å². The van der Waals surface area contributed by atoms with Crippen molar-refractivity contribution in [3.8, 4) is 11.5 Å². The monoisotopic (exact) mass is 485 g/mol. The van der Waals surface area contributed by atoms with Gasteiger partial charge in [0.05, 0.1) is 7.11 Å². The van der Waals surface area contributed by atoms with Crippen molar-refractivity contribution in [2.75, 3.05) is 34.4 Å². The van der Waals surface area contributed by atoms with Crippen LogP contribution in [0.1, 0.15) is 49.7 Å². The summed E-state index contributed by atoms with van der Waals surface area (Å²) in [5, 5.41) is 8.68. The van der Waals surface area contributed by atoms with Crippen molar-refractivity contribution in [3.63, 3.8) is 0 Å². The Morgan fingerprint density at radius 1 is 0.914 bits per heavy atom. The number of carboxylic acids is 1. The predicted molar refractivity (Wildman–Crippen MR) is 136 cm³/mol. The molecule has 0 heterocycles. The molecule has 0 spiro atoms. The molecule has 1 N–H and O–H groups in total. The molecule has 2 aromatic carbocycles. The molecule has 1 atom stereocenters. The zero-order valence-electron chi connectivity index (χ0n) is 21.2. The topological polar surface area (TPSA) is 85.3 Å². The number of carbonyl (C=O) groups excluding carboxylic acids is 1. The molecule has 0 bridgehead atoms. The van der Waals surface area contributed by atoms with Gasteiger partial charge in [-0.05, 0) is 69.1 Å². The normalized spacial score (nSPS) is 11.8. The number of aliphatic carboxylic acids is 1. The van der Waals surface area contributed by atoms with E-state index in [0.717, 1.165) is 42.7 Å². The standard InChI is InChI=1S/C28H39NO6/c1-29(2)20-25(35-28(32)13-7-5-4-6-12-27(30)31)21-34-26-11-9-8-10-23(26)17-14-22-15-18-24(33-3)19-16-22/h8-11,15-16,18-19,25H,4-7,12-14,17,20-21H2,1-3H3,(H,30,31)/t25-/m1/s1. The van der Waals surface area contributed by atoms with E-state index in [1.165, 1.54) is 5.56 Å². The summed E-state index contributed by atoms with van der Waals surface area (Å²) in [6.45, 7) is 0.848. The zero-order valence-corrected chi connectivity index (χ0v) is 21.2. The lowest BCUT2D eigenvalue weighted by Crippen LogP contribution is -2.35. The Bertz CT molecular complexity index is 897. The summed E-state index contributed by atoms with van der Waals surface area (Å²) in [6, 6.07) is 16.0. The van der Waals surface area contributed by atoms with Crippen molar-refractivity contribution < 1.29 is 28.9 Å². The number of methoxy groups -OCH3 is 1. The Hall–Kier alpha value is -3.06. The minimum absolute atomic E-state index is 0.175. The van der Waals surface area contributed by atoms with Crippen LogP contribution < -0.4 is 9.47 Å². The van der Waals surface area contributed by atoms with Gasteiger partial charge in [-0.3, -0.25) is 9.59 Å². The molecule has 7 nitrogen and oxygen atoms in total. The van der Waals surface area contributed by atoms with Gasteiger partial charge in [0.15, 0.2) is 0 Å². The van der Waals surface area contributed by atoms with Crippen molar-refractivity contribution in [1.82, 2.24) is 4.90 Å². The second-order valence-electron chi connectivity index (χ2n) is 8.95. The molecule has 35 heavy (non-hydrogen) atoms. The van der Waals surface area contributed by atoms with Gasteiger partial charge in [0.2, 0.25) is 0 Å². The van der Waals surface area contributed by atoms with Crippen LogP contribution in [-0.2, 0) is 27.2 Å². The second kappa shape index (κ2) is 15.8. The van der Waals surface area contributed by atoms with Crippen molar-refractivity contribution in [1.29, 1.82) is 0 Å². The smallest absolute Gasteiger partial charge is 0.306 e. The lowest BCUT2D eigenvalue weighted by Gasteiger charge is -2.22. The van der Waals surface area contributed by atoms with Crippen LogP contribution in [0.15, 0.2) is 48.5 Å². The first-order chi connectivity index (χ1) is 16.9. The number of nitrogens with zero attached hydrogens (tertiary/aromatic N) is 1. The predicted octanol–water partition coefficient (Wildman–Crippen LogP) is 4.76. The molecule has 0 amide bonds. The average Bonchev–Trinajstić information content (AvgIpc) is 2.83. The number of para-hydroxylation sites is 1. The SMILES string of the molecule is COc1ccc(CCc2ccccc2OC[C@@H](CN(C)C)OC(=O)CCCCCCC(=O)O)cc1. The highest BCUT2D eigenvalue weighted by Gasteiger charge is 2.17. The summed E-state index contributed by atoms with van der Waals surface area (Å²) < 4.78 is 17.1. The molecule has 0 aromatic heterocycles. The van der Waals surface area contributed by atoms with Crippen molar-refractivity contribution >= 4 is 11.9 Å². The Labute approximate surface area is 209 Å². The number of carbonyl (C=O) groups is 2. The van der Waals surface area contributed by atoms with E-state index in [4.69, 9.17) is 19.3 Å². The first-order valence-corrected chi connectivity index (χ1v) is 12.3. The lowest BCUT2D eigenvalue weighted by molar-refractivity contribution is -0.151. The third-order valence-electron chi connectivity index (χ3n) is 5.63. The lowest BCUT2D eigenvalue weighted by atomic mass is 10.0. The van der Waals surface area contributed by atoms with Gasteiger partial charge in [-0.15, -0.1) is 0 Å². The number of aryl methyl sites for hydroxylation is 2. The third-order valence-corrected chi connectivity index (χ3v) is 5.63. The first kappa shape index (κ1) is 28.2. The highest BCUT2D eigenvalue weighted by Crippen LogP contribution is 2.21. The molecule has 7 heteroatoms. The minimum Gasteiger partial charge on any atom is -0.497 e. The molecule has 2 aromatic rings. The highest BCUT2D eigenvalue weighted by atomic mass is 16.6. The van der Waals surface area contributed by atoms with Crippen LogP contribution in [0.4, 0.5) is 0 Å². The maximum Gasteiger partial charge on any atom is 0.306 e. The molecular weight excluding hydrogens is 446 g/mol. The van der Waals surface area contributed by atoms with Crippen LogP contribution in [0.5, 0.6) is 11.5 Å². The highest BCUT2D eigenvalue weighted by molar-refractivity contribution is 5.69. The van der Waals surface area contributed by atoms with Gasteiger partial charge >= 0.3 is 11.9 Å². The number of unbranched alkanes of at least 4 members (excludes halogenated alkanes) is 3. The van der Waals surface area contributed by atoms with E-state index < -0.39 is 5.97 Å². The number of likely N-dealkylation sites (N-methyl/N-ethyl adjacent to an activating group) is 1. The molecule has 0 unspecified atom stereocenters. The number of ether oxygens (including phenoxy) is 3. The molecule has 0 aliphatic carbocycles. The van der Waals surface area contributed by atoms with Gasteiger partial charge in [0, 0.05) is 19.4 Å². The number of carboxylic acid groups (broad SMARTS) is 1. The van der Waals surface area contributed by atoms with Gasteiger partial charge in [0.1, 0.15) is 24.2 Å². The molecule has 2 rings (SSSR count). The summed E-state index contributed by atoms with van der Waals surface area (Å²) in [7, 11) is 5.53. The summed E-state index contributed by atoms with van der Waals surface area (Å²) in [4.78, 5) is 24.9. The number of esters is 1.